The number of rotatable bonds is 5. The molecule has 9 nitrogen and oxygen atoms in total. The minimum Gasteiger partial charge on any atom is -0.401 e. The van der Waals surface area contributed by atoms with E-state index < -0.39 is 15.9 Å². The van der Waals surface area contributed by atoms with E-state index in [0.29, 0.717) is 24.7 Å². The summed E-state index contributed by atoms with van der Waals surface area (Å²) in [5.41, 5.74) is 0.831. The van der Waals surface area contributed by atoms with E-state index in [1.807, 2.05) is 6.92 Å². The van der Waals surface area contributed by atoms with Gasteiger partial charge in [0, 0.05) is 24.0 Å². The van der Waals surface area contributed by atoms with Crippen LogP contribution in [0.25, 0.3) is 11.6 Å². The molecule has 2 aromatic heterocycles. The van der Waals surface area contributed by atoms with Crippen LogP contribution in [0.1, 0.15) is 35.1 Å². The van der Waals surface area contributed by atoms with Crippen molar-refractivity contribution < 1.29 is 17.6 Å². The lowest BCUT2D eigenvalue weighted by Gasteiger charge is -2.29. The molecule has 11 heteroatoms. The lowest BCUT2D eigenvalue weighted by molar-refractivity contribution is 0.102. The fourth-order valence-electron chi connectivity index (χ4n) is 3.16. The van der Waals surface area contributed by atoms with Gasteiger partial charge < -0.3 is 4.42 Å². The molecule has 1 aliphatic heterocycles. The third-order valence-corrected chi connectivity index (χ3v) is 7.67. The number of anilines is 1. The van der Waals surface area contributed by atoms with Gasteiger partial charge in [0.05, 0.1) is 9.90 Å². The Labute approximate surface area is 178 Å². The summed E-state index contributed by atoms with van der Waals surface area (Å²) in [6.07, 6.45) is 1.71. The highest BCUT2D eigenvalue weighted by molar-refractivity contribution is 7.89. The minimum atomic E-state index is -3.56. The predicted octanol–water partition coefficient (Wildman–Crippen LogP) is 3.17. The van der Waals surface area contributed by atoms with Crippen LogP contribution in [0.15, 0.2) is 39.0 Å². The van der Waals surface area contributed by atoms with Crippen LogP contribution in [0.3, 0.4) is 0 Å². The summed E-state index contributed by atoms with van der Waals surface area (Å²) in [7, 11) is -3.56. The van der Waals surface area contributed by atoms with E-state index in [1.54, 1.807) is 5.38 Å². The zero-order valence-corrected chi connectivity index (χ0v) is 18.2. The Morgan fingerprint density at radius 3 is 2.53 bits per heavy atom. The molecule has 1 N–H and O–H groups in total. The van der Waals surface area contributed by atoms with Crippen molar-refractivity contribution in [3.8, 4) is 11.6 Å². The summed E-state index contributed by atoms with van der Waals surface area (Å²) >= 11 is 1.45. The molecule has 158 valence electrons. The van der Waals surface area contributed by atoms with Gasteiger partial charge in [-0.05, 0) is 49.9 Å². The third-order valence-electron chi connectivity index (χ3n) is 4.98. The highest BCUT2D eigenvalue weighted by Crippen LogP contribution is 2.24. The van der Waals surface area contributed by atoms with Crippen LogP contribution in [0.5, 0.6) is 0 Å². The Balaban J connectivity index is 1.44. The van der Waals surface area contributed by atoms with Gasteiger partial charge in [-0.15, -0.1) is 16.4 Å². The number of thiazole rings is 1. The molecule has 1 aliphatic rings. The molecule has 0 atom stereocenters. The number of hydrogen-bond acceptors (Lipinski definition) is 8. The SMILES string of the molecule is Cc1nc(-c2nnc(NC(=O)c3ccc(S(=O)(=O)N4CCC(C)CC4)cc3)o2)cs1. The molecule has 0 unspecified atom stereocenters. The Morgan fingerprint density at radius 2 is 1.90 bits per heavy atom. The molecular weight excluding hydrogens is 426 g/mol. The summed E-state index contributed by atoms with van der Waals surface area (Å²) in [4.78, 5) is 16.9. The number of carbonyl (C=O) groups is 1. The Kier molecular flexibility index (Phi) is 5.67. The van der Waals surface area contributed by atoms with E-state index in [0.717, 1.165) is 17.8 Å². The Bertz CT molecular complexity index is 1150. The lowest BCUT2D eigenvalue weighted by Crippen LogP contribution is -2.37. The smallest absolute Gasteiger partial charge is 0.322 e. The number of benzene rings is 1. The number of nitrogens with one attached hydrogen (secondary N) is 1. The van der Waals surface area contributed by atoms with Crippen LogP contribution in [-0.2, 0) is 10.0 Å². The van der Waals surface area contributed by atoms with E-state index in [9.17, 15) is 13.2 Å². The van der Waals surface area contributed by atoms with Gasteiger partial charge in [0.25, 0.3) is 11.8 Å². The maximum absolute atomic E-state index is 12.8. The van der Waals surface area contributed by atoms with Gasteiger partial charge in [-0.3, -0.25) is 10.1 Å². The fraction of sp³-hybridized carbons (Fsp3) is 0.368. The molecule has 0 radical (unpaired) electrons. The third kappa shape index (κ3) is 4.27. The molecule has 4 rings (SSSR count). The van der Waals surface area contributed by atoms with Crippen molar-refractivity contribution in [3.05, 3.63) is 40.2 Å². The summed E-state index contributed by atoms with van der Waals surface area (Å²) in [6, 6.07) is 5.77. The Hall–Kier alpha value is -2.63. The topological polar surface area (TPSA) is 118 Å². The van der Waals surface area contributed by atoms with Crippen molar-refractivity contribution in [2.45, 2.75) is 31.6 Å². The van der Waals surface area contributed by atoms with Gasteiger partial charge in [-0.1, -0.05) is 12.0 Å². The molecule has 1 amide bonds. The number of carbonyl (C=O) groups excluding carboxylic acids is 1. The molecule has 1 saturated heterocycles. The van der Waals surface area contributed by atoms with Gasteiger partial charge >= 0.3 is 6.01 Å². The zero-order valence-electron chi connectivity index (χ0n) is 16.5. The average Bonchev–Trinajstić information content (AvgIpc) is 3.37. The number of nitrogens with zero attached hydrogens (tertiary/aromatic N) is 4. The van der Waals surface area contributed by atoms with Crippen molar-refractivity contribution in [1.82, 2.24) is 19.5 Å². The van der Waals surface area contributed by atoms with Crippen LogP contribution in [-0.4, -0.2) is 46.9 Å². The van der Waals surface area contributed by atoms with Gasteiger partial charge in [-0.25, -0.2) is 13.4 Å². The van der Waals surface area contributed by atoms with Gasteiger partial charge in [0.2, 0.25) is 10.0 Å². The maximum atomic E-state index is 12.8. The number of amides is 1. The quantitative estimate of drug-likeness (QED) is 0.638. The van der Waals surface area contributed by atoms with E-state index >= 15 is 0 Å². The molecule has 0 aliphatic carbocycles. The van der Waals surface area contributed by atoms with Crippen molar-refractivity contribution in [2.24, 2.45) is 5.92 Å². The molecule has 0 spiro atoms. The van der Waals surface area contributed by atoms with Crippen LogP contribution in [0.4, 0.5) is 6.01 Å². The van der Waals surface area contributed by atoms with Gasteiger partial charge in [0.15, 0.2) is 0 Å². The van der Waals surface area contributed by atoms with Gasteiger partial charge in [-0.2, -0.15) is 4.31 Å². The summed E-state index contributed by atoms with van der Waals surface area (Å²) < 4.78 is 32.5. The number of aromatic nitrogens is 3. The van der Waals surface area contributed by atoms with E-state index in [-0.39, 0.29) is 22.4 Å². The summed E-state index contributed by atoms with van der Waals surface area (Å²) in [6.45, 7) is 5.03. The first-order valence-electron chi connectivity index (χ1n) is 9.50. The predicted molar refractivity (Wildman–Crippen MR) is 112 cm³/mol. The standard InChI is InChI=1S/C19H21N5O4S2/c1-12-7-9-24(10-8-12)30(26,27)15-5-3-14(4-6-15)17(25)21-19-23-22-18(28-19)16-11-29-13(2)20-16/h3-6,11-12H,7-10H2,1-2H3,(H,21,23,25). The second kappa shape index (κ2) is 8.25. The lowest BCUT2D eigenvalue weighted by atomic mass is 10.0. The number of sulfonamides is 1. The van der Waals surface area contributed by atoms with E-state index in [4.69, 9.17) is 4.42 Å². The van der Waals surface area contributed by atoms with Crippen molar-refractivity contribution in [1.29, 1.82) is 0 Å². The fourth-order valence-corrected chi connectivity index (χ4v) is 5.22. The minimum absolute atomic E-state index is 0.0558. The number of hydrogen-bond donors (Lipinski definition) is 1. The summed E-state index contributed by atoms with van der Waals surface area (Å²) in [5.74, 6) is 0.273. The van der Waals surface area contributed by atoms with E-state index in [2.05, 4.69) is 27.4 Å². The monoisotopic (exact) mass is 447 g/mol. The van der Waals surface area contributed by atoms with Crippen molar-refractivity contribution in [3.63, 3.8) is 0 Å². The molecule has 30 heavy (non-hydrogen) atoms. The average molecular weight is 448 g/mol. The number of piperidine rings is 1. The highest BCUT2D eigenvalue weighted by atomic mass is 32.2. The second-order valence-corrected chi connectivity index (χ2v) is 10.2. The Morgan fingerprint density at radius 1 is 1.20 bits per heavy atom. The van der Waals surface area contributed by atoms with Gasteiger partial charge in [0.1, 0.15) is 5.69 Å². The van der Waals surface area contributed by atoms with E-state index in [1.165, 1.54) is 39.9 Å². The normalized spacial score (nSPS) is 15.9. The number of aryl methyl sites for hydroxylation is 1. The summed E-state index contributed by atoms with van der Waals surface area (Å²) in [5, 5.41) is 12.9. The largest absolute Gasteiger partial charge is 0.401 e. The van der Waals surface area contributed by atoms with Crippen LogP contribution in [0.2, 0.25) is 0 Å². The maximum Gasteiger partial charge on any atom is 0.322 e. The molecule has 3 heterocycles. The van der Waals surface area contributed by atoms with Crippen LogP contribution < -0.4 is 5.32 Å². The first-order valence-corrected chi connectivity index (χ1v) is 11.8. The molecule has 0 bridgehead atoms. The molecule has 0 saturated carbocycles. The van der Waals surface area contributed by atoms with Crippen LogP contribution >= 0.6 is 11.3 Å². The highest BCUT2D eigenvalue weighted by Gasteiger charge is 2.28. The zero-order chi connectivity index (χ0) is 21.3. The van der Waals surface area contributed by atoms with Crippen LogP contribution in [0, 0.1) is 12.8 Å². The molecule has 1 fully saturated rings. The first kappa shape index (κ1) is 20.6. The molecular formula is C19H21N5O4S2. The first-order chi connectivity index (χ1) is 14.3. The van der Waals surface area contributed by atoms with Crippen molar-refractivity contribution in [2.75, 3.05) is 18.4 Å². The molecule has 1 aromatic carbocycles. The molecule has 3 aromatic rings. The van der Waals surface area contributed by atoms with Crippen molar-refractivity contribution >= 4 is 33.3 Å². The second-order valence-electron chi connectivity index (χ2n) is 7.23.